The van der Waals surface area contributed by atoms with Gasteiger partial charge in [-0.15, -0.1) is 0 Å². The molecule has 32 rings (SSSR count). The van der Waals surface area contributed by atoms with Crippen LogP contribution in [0.3, 0.4) is 0 Å². The summed E-state index contributed by atoms with van der Waals surface area (Å²) in [7, 11) is 0. The molecule has 0 unspecified atom stereocenters. The molecule has 0 saturated heterocycles. The number of pyridine rings is 4. The number of nitrogens with zero attached hydrogens (tertiary/aromatic N) is 10. The second-order valence-electron chi connectivity index (χ2n) is 36.1. The van der Waals surface area contributed by atoms with Crippen LogP contribution in [0.4, 0.5) is 0 Å². The third-order valence-corrected chi connectivity index (χ3v) is 28.5. The number of benzene rings is 19. The molecule has 0 aliphatic heterocycles. The lowest BCUT2D eigenvalue weighted by atomic mass is 9.99. The number of para-hydroxylation sites is 9. The summed E-state index contributed by atoms with van der Waals surface area (Å²) in [5.41, 5.74) is 26.2. The van der Waals surface area contributed by atoms with Crippen LogP contribution in [0.5, 0.6) is 0 Å². The molecule has 0 atom stereocenters. The monoisotopic (exact) mass is 1790 g/mol. The van der Waals surface area contributed by atoms with Crippen LogP contribution in [-0.2, 0) is 0 Å². The highest BCUT2D eigenvalue weighted by Crippen LogP contribution is 2.51. The van der Waals surface area contributed by atoms with Crippen LogP contribution >= 0.6 is 0 Å². The van der Waals surface area contributed by atoms with Gasteiger partial charge in [0.1, 0.15) is 50.7 Å². The Labute approximate surface area is 794 Å². The fraction of sp³-hybridized carbons (Fsp3) is 0. The van der Waals surface area contributed by atoms with E-state index in [-0.39, 0.29) is 0 Å². The summed E-state index contributed by atoms with van der Waals surface area (Å²) < 4.78 is 35.6. The first-order valence-electron chi connectivity index (χ1n) is 47.1. The molecular formula is C126H72N10O4. The molecule has 140 heavy (non-hydrogen) atoms. The first kappa shape index (κ1) is 77.3. The summed E-state index contributed by atoms with van der Waals surface area (Å²) in [4.78, 5) is 31.2. The highest BCUT2D eigenvalue weighted by atomic mass is 16.3. The molecule has 0 amide bonds. The van der Waals surface area contributed by atoms with Crippen molar-refractivity contribution in [1.29, 1.82) is 0 Å². The molecule has 14 nitrogen and oxygen atoms in total. The summed E-state index contributed by atoms with van der Waals surface area (Å²) in [6.07, 6.45) is 0. The van der Waals surface area contributed by atoms with Gasteiger partial charge in [-0.2, -0.15) is 0 Å². The molecule has 650 valence electrons. The van der Waals surface area contributed by atoms with Crippen LogP contribution < -0.4 is 0 Å². The molecule has 13 aromatic heterocycles. The lowest BCUT2D eigenvalue weighted by Gasteiger charge is -2.11. The van der Waals surface area contributed by atoms with E-state index in [0.29, 0.717) is 11.5 Å². The Morgan fingerprint density at radius 2 is 0.529 bits per heavy atom. The first-order valence-corrected chi connectivity index (χ1v) is 47.1. The van der Waals surface area contributed by atoms with E-state index >= 15 is 0 Å². The van der Waals surface area contributed by atoms with E-state index in [9.17, 15) is 0 Å². The molecule has 0 N–H and O–H groups in total. The van der Waals surface area contributed by atoms with E-state index < -0.39 is 0 Å². The largest absolute Gasteiger partial charge is 0.454 e. The van der Waals surface area contributed by atoms with Crippen LogP contribution in [0, 0.1) is 0 Å². The molecule has 13 heterocycles. The Morgan fingerprint density at radius 1 is 0.186 bits per heavy atom. The first-order chi connectivity index (χ1) is 69.5. The summed E-state index contributed by atoms with van der Waals surface area (Å²) >= 11 is 0. The van der Waals surface area contributed by atoms with Gasteiger partial charge in [-0.1, -0.05) is 309 Å². The second kappa shape index (κ2) is 30.2. The summed E-state index contributed by atoms with van der Waals surface area (Å²) in [5.74, 6) is 2.23. The van der Waals surface area contributed by atoms with Crippen molar-refractivity contribution < 1.29 is 17.7 Å². The van der Waals surface area contributed by atoms with Gasteiger partial charge >= 0.3 is 0 Å². The Balaban J connectivity index is 0.0000000994. The van der Waals surface area contributed by atoms with E-state index in [4.69, 9.17) is 47.6 Å². The molecule has 0 fully saturated rings. The number of hydrogen-bond acceptors (Lipinski definition) is 10. The topological polar surface area (TPSA) is 150 Å². The number of furan rings is 4. The van der Waals surface area contributed by atoms with Crippen LogP contribution in [0.25, 0.3) is 297 Å². The highest BCUT2D eigenvalue weighted by molar-refractivity contribution is 6.38. The van der Waals surface area contributed by atoms with E-state index in [1.807, 2.05) is 60.7 Å². The van der Waals surface area contributed by atoms with Crippen LogP contribution in [0.2, 0.25) is 0 Å². The maximum absolute atomic E-state index is 6.74. The average Bonchev–Trinajstić information content (AvgIpc) is 1.55. The summed E-state index contributed by atoms with van der Waals surface area (Å²) in [5, 5.41) is 26.6. The minimum Gasteiger partial charge on any atom is -0.454 e. The lowest BCUT2D eigenvalue weighted by molar-refractivity contribution is 0.666. The molecular weight excluding hydrogens is 1720 g/mol. The third kappa shape index (κ3) is 11.5. The van der Waals surface area contributed by atoms with E-state index in [1.54, 1.807) is 0 Å². The number of rotatable bonds is 7. The molecule has 0 bridgehead atoms. The number of hydrogen-bond donors (Lipinski definition) is 0. The molecule has 0 aliphatic carbocycles. The molecule has 0 radical (unpaired) electrons. The molecule has 0 spiro atoms. The van der Waals surface area contributed by atoms with Crippen molar-refractivity contribution in [3.05, 3.63) is 437 Å². The van der Waals surface area contributed by atoms with Gasteiger partial charge < -0.3 is 22.2 Å². The SMILES string of the molecule is c1ccc(-c2nc(-n3c4ccccc4c4c5ccccc5c5c6ccccc6oc5c43)nc3c2oc2ccccc23)cc1.c1ccc(-n2c3ccccc3c3ccc(-c4ccc5nc(-n6c7ccccc7c7c8ccccc8c8c9ccccc9oc8c76)ccc5n4)cc32)cc1.c1ccc2cc(-c3ccc4nc(-n5c6ccccc6c6c7ccccc7c7c8ccccc8oc7c65)ccc4n3)ccc2c1. The smallest absolute Gasteiger partial charge is 0.236 e. The maximum Gasteiger partial charge on any atom is 0.236 e. The molecule has 0 aliphatic rings. The van der Waals surface area contributed by atoms with Gasteiger partial charge in [0.2, 0.25) is 5.95 Å². The van der Waals surface area contributed by atoms with Crippen LogP contribution in [0.15, 0.2) is 454 Å². The lowest BCUT2D eigenvalue weighted by Crippen LogP contribution is -2.03. The third-order valence-electron chi connectivity index (χ3n) is 28.5. The Hall–Kier alpha value is -19.2. The fourth-order valence-electron chi connectivity index (χ4n) is 22.4. The Bertz CT molecular complexity index is 10900. The zero-order chi connectivity index (χ0) is 91.5. The van der Waals surface area contributed by atoms with Gasteiger partial charge in [-0.05, 0) is 170 Å². The molecule has 32 aromatic rings. The van der Waals surface area contributed by atoms with Crippen LogP contribution in [0.1, 0.15) is 0 Å². The molecule has 14 heteroatoms. The Morgan fingerprint density at radius 3 is 1.02 bits per heavy atom. The van der Waals surface area contributed by atoms with Crippen molar-refractivity contribution in [3.8, 4) is 57.0 Å². The van der Waals surface area contributed by atoms with Crippen molar-refractivity contribution in [3.63, 3.8) is 0 Å². The van der Waals surface area contributed by atoms with Gasteiger partial charge in [0.15, 0.2) is 22.3 Å². The van der Waals surface area contributed by atoms with E-state index in [2.05, 4.69) is 394 Å². The van der Waals surface area contributed by atoms with Crippen LogP contribution in [-0.4, -0.2) is 48.2 Å². The van der Waals surface area contributed by atoms with Crippen molar-refractivity contribution in [2.24, 2.45) is 0 Å². The maximum atomic E-state index is 6.74. The van der Waals surface area contributed by atoms with Gasteiger partial charge in [0.25, 0.3) is 0 Å². The van der Waals surface area contributed by atoms with E-state index in [0.717, 1.165) is 205 Å². The van der Waals surface area contributed by atoms with Crippen molar-refractivity contribution in [2.45, 2.75) is 0 Å². The van der Waals surface area contributed by atoms with Gasteiger partial charge in [-0.3, -0.25) is 13.7 Å². The second-order valence-corrected chi connectivity index (χ2v) is 36.1. The van der Waals surface area contributed by atoms with Crippen molar-refractivity contribution >= 4 is 240 Å². The summed E-state index contributed by atoms with van der Waals surface area (Å²) in [6.45, 7) is 0. The van der Waals surface area contributed by atoms with Crippen molar-refractivity contribution in [2.75, 3.05) is 0 Å². The van der Waals surface area contributed by atoms with Gasteiger partial charge in [0, 0.05) is 103 Å². The minimum absolute atomic E-state index is 0.571. The quantitative estimate of drug-likeness (QED) is 0.151. The Kier molecular flexibility index (Phi) is 16.6. The summed E-state index contributed by atoms with van der Waals surface area (Å²) in [6, 6.07) is 152. The average molecular weight is 1790 g/mol. The normalized spacial score (nSPS) is 12.1. The van der Waals surface area contributed by atoms with E-state index in [1.165, 1.54) is 80.9 Å². The number of aromatic nitrogens is 10. The number of fused-ring (bicyclic) bond motifs is 39. The van der Waals surface area contributed by atoms with Gasteiger partial charge in [0.05, 0.1) is 72.1 Å². The zero-order valence-corrected chi connectivity index (χ0v) is 74.7. The minimum atomic E-state index is 0.571. The molecule has 19 aromatic carbocycles. The highest BCUT2D eigenvalue weighted by Gasteiger charge is 2.30. The fourth-order valence-corrected chi connectivity index (χ4v) is 22.4. The molecule has 0 saturated carbocycles. The zero-order valence-electron chi connectivity index (χ0n) is 74.7. The van der Waals surface area contributed by atoms with Gasteiger partial charge in [-0.25, -0.2) is 29.9 Å². The van der Waals surface area contributed by atoms with Crippen molar-refractivity contribution in [1.82, 2.24) is 48.2 Å². The standard InChI is InChI=1S/C48H28N4O.C40H23N3O.C38H21N3O2/c1-2-12-30(13-3-1)51-40-19-9-6-14-31(40)32-23-22-29(28-42(32)51)37-24-25-39-38(49-37)26-27-44(50-39)52-41-20-10-7-17-35(41)45-33-15-4-5-16-34(33)46-36-18-8-11-21-43(36)53-48(46)47(45)52;1-2-10-25-23-26(18-17-24(25)9-1)31-19-20-33-32(41-31)21-22-36(42-33)43-34-15-7-5-13-29(34)37-27-11-3-4-12-28(27)38-30-14-6-8-16-35(30)44-40(38)39(37)43;1-2-12-22(13-3-1)33-37-34(27-18-8-11-21-30(27)43-37)40-38(39-33)41-28-19-9-6-16-25(28)31-23-14-4-5-15-24(23)32-26-17-7-10-20-29(26)42-36(32)35(31)41/h1-28H;1-23H;1-21H. The predicted octanol–water partition coefficient (Wildman–Crippen LogP) is 33.3. The predicted molar refractivity (Wildman–Crippen MR) is 574 cm³/mol.